The molecule has 1 atom stereocenters. The van der Waals surface area contributed by atoms with Crippen molar-refractivity contribution in [2.45, 2.75) is 24.3 Å². The van der Waals surface area contributed by atoms with E-state index in [1.165, 1.54) is 30.0 Å². The molecule has 3 nitrogen and oxygen atoms in total. The van der Waals surface area contributed by atoms with Crippen LogP contribution in [0.2, 0.25) is 0 Å². The standard InChI is InChI=1S/C13H13F2N3S/c1-7-6-11(16)18-13(17-7)19-8(2)12-9(14)4-3-5-10(12)15/h3-6,8H,1-2H3,(H2,16,17,18)/t8-/m0/s1. The summed E-state index contributed by atoms with van der Waals surface area (Å²) in [5, 5.41) is -0.0324. The van der Waals surface area contributed by atoms with Crippen molar-refractivity contribution in [3.05, 3.63) is 47.2 Å². The molecule has 0 spiro atoms. The van der Waals surface area contributed by atoms with Crippen molar-refractivity contribution >= 4 is 17.6 Å². The molecule has 0 amide bonds. The van der Waals surface area contributed by atoms with Gasteiger partial charge in [0.05, 0.1) is 0 Å². The molecular weight excluding hydrogens is 268 g/mol. The zero-order valence-electron chi connectivity index (χ0n) is 10.5. The molecule has 0 unspecified atom stereocenters. The summed E-state index contributed by atoms with van der Waals surface area (Å²) in [7, 11) is 0. The molecule has 1 aromatic carbocycles. The van der Waals surface area contributed by atoms with Gasteiger partial charge in [-0.25, -0.2) is 18.7 Å². The Morgan fingerprint density at radius 3 is 2.42 bits per heavy atom. The molecule has 0 bridgehead atoms. The maximum atomic E-state index is 13.6. The summed E-state index contributed by atoms with van der Waals surface area (Å²) >= 11 is 1.17. The Kier molecular flexibility index (Phi) is 3.99. The van der Waals surface area contributed by atoms with E-state index in [4.69, 9.17) is 5.73 Å². The number of anilines is 1. The van der Waals surface area contributed by atoms with Crippen molar-refractivity contribution in [3.63, 3.8) is 0 Å². The van der Waals surface area contributed by atoms with Gasteiger partial charge in [-0.2, -0.15) is 0 Å². The van der Waals surface area contributed by atoms with E-state index in [-0.39, 0.29) is 5.56 Å². The average Bonchev–Trinajstić information content (AvgIpc) is 2.26. The molecule has 0 saturated carbocycles. The molecule has 0 fully saturated rings. The van der Waals surface area contributed by atoms with Crippen LogP contribution in [0.15, 0.2) is 29.4 Å². The number of aryl methyl sites for hydroxylation is 1. The Morgan fingerprint density at radius 1 is 1.21 bits per heavy atom. The first-order valence-electron chi connectivity index (χ1n) is 5.69. The monoisotopic (exact) mass is 281 g/mol. The van der Waals surface area contributed by atoms with Crippen LogP contribution in [0.4, 0.5) is 14.6 Å². The van der Waals surface area contributed by atoms with Gasteiger partial charge in [-0.3, -0.25) is 0 Å². The highest BCUT2D eigenvalue weighted by Gasteiger charge is 2.18. The summed E-state index contributed by atoms with van der Waals surface area (Å²) in [6.07, 6.45) is 0. The van der Waals surface area contributed by atoms with Gasteiger partial charge in [-0.15, -0.1) is 0 Å². The molecule has 0 aliphatic heterocycles. The Balaban J connectivity index is 2.28. The first-order chi connectivity index (χ1) is 8.97. The smallest absolute Gasteiger partial charge is 0.190 e. The van der Waals surface area contributed by atoms with Crippen LogP contribution >= 0.6 is 11.8 Å². The van der Waals surface area contributed by atoms with Crippen molar-refractivity contribution in [3.8, 4) is 0 Å². The van der Waals surface area contributed by atoms with E-state index >= 15 is 0 Å². The Morgan fingerprint density at radius 2 is 1.84 bits per heavy atom. The third-order valence-corrected chi connectivity index (χ3v) is 3.52. The maximum Gasteiger partial charge on any atom is 0.190 e. The molecule has 1 aromatic heterocycles. The lowest BCUT2D eigenvalue weighted by Gasteiger charge is -2.12. The van der Waals surface area contributed by atoms with Crippen LogP contribution in [0.1, 0.15) is 23.4 Å². The van der Waals surface area contributed by atoms with Crippen LogP contribution in [-0.2, 0) is 0 Å². The van der Waals surface area contributed by atoms with E-state index in [1.807, 2.05) is 0 Å². The third kappa shape index (κ3) is 3.20. The van der Waals surface area contributed by atoms with Crippen LogP contribution in [0, 0.1) is 18.6 Å². The molecule has 100 valence electrons. The van der Waals surface area contributed by atoms with Crippen LogP contribution in [0.5, 0.6) is 0 Å². The zero-order valence-corrected chi connectivity index (χ0v) is 11.3. The van der Waals surface area contributed by atoms with Crippen LogP contribution in [0.3, 0.4) is 0 Å². The van der Waals surface area contributed by atoms with Gasteiger partial charge >= 0.3 is 0 Å². The van der Waals surface area contributed by atoms with Crippen molar-refractivity contribution in [1.29, 1.82) is 0 Å². The lowest BCUT2D eigenvalue weighted by atomic mass is 10.1. The van der Waals surface area contributed by atoms with Gasteiger partial charge in [0, 0.05) is 22.6 Å². The van der Waals surface area contributed by atoms with E-state index in [2.05, 4.69) is 9.97 Å². The molecule has 2 N–H and O–H groups in total. The molecule has 2 rings (SSSR count). The van der Waals surface area contributed by atoms with E-state index in [9.17, 15) is 8.78 Å². The molecule has 19 heavy (non-hydrogen) atoms. The first kappa shape index (κ1) is 13.7. The summed E-state index contributed by atoms with van der Waals surface area (Å²) in [5.74, 6) is -0.794. The van der Waals surface area contributed by atoms with Crippen molar-refractivity contribution in [2.24, 2.45) is 0 Å². The van der Waals surface area contributed by atoms with Gasteiger partial charge in [-0.05, 0) is 26.0 Å². The minimum absolute atomic E-state index is 0.0242. The van der Waals surface area contributed by atoms with Crippen LogP contribution in [0.25, 0.3) is 0 Å². The SMILES string of the molecule is Cc1cc(N)nc(S[C@@H](C)c2c(F)cccc2F)n1. The van der Waals surface area contributed by atoms with E-state index in [0.717, 1.165) is 5.69 Å². The first-order valence-corrected chi connectivity index (χ1v) is 6.57. The molecule has 0 radical (unpaired) electrons. The lowest BCUT2D eigenvalue weighted by Crippen LogP contribution is -2.01. The minimum Gasteiger partial charge on any atom is -0.384 e. The van der Waals surface area contributed by atoms with Gasteiger partial charge in [0.1, 0.15) is 17.5 Å². The van der Waals surface area contributed by atoms with Crippen molar-refractivity contribution < 1.29 is 8.78 Å². The summed E-state index contributed by atoms with van der Waals surface area (Å²) in [6.45, 7) is 3.49. The fraction of sp³-hybridized carbons (Fsp3) is 0.231. The van der Waals surface area contributed by atoms with Gasteiger partial charge in [-0.1, -0.05) is 17.8 Å². The number of nitrogens with two attached hydrogens (primary N) is 1. The van der Waals surface area contributed by atoms with Gasteiger partial charge < -0.3 is 5.73 Å². The number of rotatable bonds is 3. The fourth-order valence-corrected chi connectivity index (χ4v) is 2.75. The normalized spacial score (nSPS) is 12.4. The predicted molar refractivity (Wildman–Crippen MR) is 71.8 cm³/mol. The zero-order chi connectivity index (χ0) is 14.0. The Hall–Kier alpha value is -1.69. The van der Waals surface area contributed by atoms with Crippen LogP contribution < -0.4 is 5.73 Å². The molecule has 0 saturated heterocycles. The molecule has 1 heterocycles. The van der Waals surface area contributed by atoms with Gasteiger partial charge in [0.15, 0.2) is 5.16 Å². The van der Waals surface area contributed by atoms with Gasteiger partial charge in [0.25, 0.3) is 0 Å². The largest absolute Gasteiger partial charge is 0.384 e. The van der Waals surface area contributed by atoms with E-state index in [0.29, 0.717) is 11.0 Å². The van der Waals surface area contributed by atoms with Crippen LogP contribution in [-0.4, -0.2) is 9.97 Å². The van der Waals surface area contributed by atoms with E-state index < -0.39 is 16.9 Å². The molecular formula is C13H13F2N3S. The topological polar surface area (TPSA) is 51.8 Å². The summed E-state index contributed by atoms with van der Waals surface area (Å²) in [5.41, 5.74) is 6.36. The van der Waals surface area contributed by atoms with Crippen molar-refractivity contribution in [2.75, 3.05) is 5.73 Å². The summed E-state index contributed by atoms with van der Waals surface area (Å²) in [6, 6.07) is 5.45. The highest BCUT2D eigenvalue weighted by atomic mass is 32.2. The fourth-order valence-electron chi connectivity index (χ4n) is 1.73. The van der Waals surface area contributed by atoms with Gasteiger partial charge in [0.2, 0.25) is 0 Å². The second-order valence-corrected chi connectivity index (χ2v) is 5.42. The number of nitrogen functional groups attached to an aromatic ring is 1. The quantitative estimate of drug-likeness (QED) is 0.691. The average molecular weight is 281 g/mol. The maximum absolute atomic E-state index is 13.6. The minimum atomic E-state index is -0.569. The number of hydrogen-bond acceptors (Lipinski definition) is 4. The lowest BCUT2D eigenvalue weighted by molar-refractivity contribution is 0.557. The number of nitrogens with zero attached hydrogens (tertiary/aromatic N) is 2. The number of halogens is 2. The summed E-state index contributed by atoms with van der Waals surface area (Å²) in [4.78, 5) is 8.23. The second kappa shape index (κ2) is 5.52. The number of thioether (sulfide) groups is 1. The molecule has 2 aromatic rings. The Bertz CT molecular complexity index is 564. The van der Waals surface area contributed by atoms with Crippen molar-refractivity contribution in [1.82, 2.24) is 9.97 Å². The molecule has 0 aliphatic carbocycles. The Labute approximate surface area is 114 Å². The second-order valence-electron chi connectivity index (χ2n) is 4.11. The third-order valence-electron chi connectivity index (χ3n) is 2.54. The highest BCUT2D eigenvalue weighted by molar-refractivity contribution is 7.99. The molecule has 0 aliphatic rings. The number of aromatic nitrogens is 2. The predicted octanol–water partition coefficient (Wildman–Crippen LogP) is 3.50. The number of hydrogen-bond donors (Lipinski definition) is 1. The van der Waals surface area contributed by atoms with E-state index in [1.54, 1.807) is 19.9 Å². The number of benzene rings is 1. The highest BCUT2D eigenvalue weighted by Crippen LogP contribution is 2.35. The molecule has 6 heteroatoms. The summed E-state index contributed by atoms with van der Waals surface area (Å²) < 4.78 is 27.3.